The molecule has 3 N–H and O–H groups in total. The lowest BCUT2D eigenvalue weighted by molar-refractivity contribution is 0.567. The predicted molar refractivity (Wildman–Crippen MR) is 70.5 cm³/mol. The third-order valence-corrected chi connectivity index (χ3v) is 4.03. The van der Waals surface area contributed by atoms with Gasteiger partial charge in [0, 0.05) is 0 Å². The van der Waals surface area contributed by atoms with Crippen LogP contribution in [0.5, 0.6) is 0 Å². The number of hydrogen-bond acceptors (Lipinski definition) is 5. The monoisotopic (exact) mass is 252 g/mol. The van der Waals surface area contributed by atoms with Gasteiger partial charge >= 0.3 is 0 Å². The van der Waals surface area contributed by atoms with E-state index in [2.05, 4.69) is 28.0 Å². The van der Waals surface area contributed by atoms with Crippen molar-refractivity contribution < 1.29 is 0 Å². The number of aryl methyl sites for hydroxylation is 1. The maximum Gasteiger partial charge on any atom is 0.0807 e. The summed E-state index contributed by atoms with van der Waals surface area (Å²) in [5.74, 6) is 5.72. The van der Waals surface area contributed by atoms with Gasteiger partial charge in [0.25, 0.3) is 0 Å². The van der Waals surface area contributed by atoms with Gasteiger partial charge in [0.2, 0.25) is 0 Å². The molecule has 1 heterocycles. The van der Waals surface area contributed by atoms with Crippen LogP contribution in [0.4, 0.5) is 0 Å². The number of nitrogens with one attached hydrogen (secondary N) is 1. The van der Waals surface area contributed by atoms with E-state index in [0.29, 0.717) is 0 Å². The maximum atomic E-state index is 5.72. The average Bonchev–Trinajstić information content (AvgIpc) is 2.81. The highest BCUT2D eigenvalue weighted by molar-refractivity contribution is 7.05. The molecule has 0 fully saturated rings. The highest BCUT2D eigenvalue weighted by Crippen LogP contribution is 2.32. The molecule has 17 heavy (non-hydrogen) atoms. The van der Waals surface area contributed by atoms with Gasteiger partial charge in [0.1, 0.15) is 0 Å². The molecule has 0 radical (unpaired) electrons. The average molecular weight is 252 g/mol. The van der Waals surface area contributed by atoms with Crippen molar-refractivity contribution in [3.63, 3.8) is 0 Å². The van der Waals surface area contributed by atoms with Crippen molar-refractivity contribution >= 4 is 11.5 Å². The minimum Gasteiger partial charge on any atom is -0.271 e. The molecule has 4 nitrogen and oxygen atoms in total. The van der Waals surface area contributed by atoms with E-state index in [-0.39, 0.29) is 6.04 Å². The fraction of sp³-hybridized carbons (Fsp3) is 0.667. The number of hydrogen-bond donors (Lipinski definition) is 2. The van der Waals surface area contributed by atoms with Gasteiger partial charge in [-0.05, 0) is 43.6 Å². The fourth-order valence-corrected chi connectivity index (χ4v) is 3.12. The molecule has 1 unspecified atom stereocenters. The Morgan fingerprint density at radius 2 is 2.41 bits per heavy atom. The summed E-state index contributed by atoms with van der Waals surface area (Å²) in [7, 11) is 0. The summed E-state index contributed by atoms with van der Waals surface area (Å²) in [5.41, 5.74) is 5.44. The van der Waals surface area contributed by atoms with E-state index in [1.54, 1.807) is 0 Å². The summed E-state index contributed by atoms with van der Waals surface area (Å²) >= 11 is 1.47. The number of aromatic nitrogens is 2. The zero-order chi connectivity index (χ0) is 12.1. The quantitative estimate of drug-likeness (QED) is 0.480. The van der Waals surface area contributed by atoms with Gasteiger partial charge in [-0.15, -0.1) is 5.10 Å². The zero-order valence-corrected chi connectivity index (χ0v) is 11.1. The number of rotatable bonds is 5. The van der Waals surface area contributed by atoms with E-state index < -0.39 is 0 Å². The summed E-state index contributed by atoms with van der Waals surface area (Å²) in [5, 5.41) is 4.22. The van der Waals surface area contributed by atoms with Crippen LogP contribution in [0, 0.1) is 0 Å². The number of hydrazine groups is 1. The Labute approximate surface area is 106 Å². The second-order valence-electron chi connectivity index (χ2n) is 4.46. The largest absolute Gasteiger partial charge is 0.271 e. The van der Waals surface area contributed by atoms with E-state index in [4.69, 9.17) is 5.84 Å². The normalized spacial score (nSPS) is 17.9. The number of allylic oxidation sites excluding steroid dienone is 1. The minimum absolute atomic E-state index is 0.122. The van der Waals surface area contributed by atoms with E-state index >= 15 is 0 Å². The molecule has 5 heteroatoms. The molecule has 1 aliphatic rings. The molecule has 94 valence electrons. The molecule has 1 atom stereocenters. The molecule has 2 rings (SSSR count). The van der Waals surface area contributed by atoms with Crippen molar-refractivity contribution in [3.05, 3.63) is 22.2 Å². The first kappa shape index (κ1) is 12.7. The van der Waals surface area contributed by atoms with Crippen molar-refractivity contribution in [1.82, 2.24) is 15.0 Å². The van der Waals surface area contributed by atoms with Gasteiger partial charge in [0.05, 0.1) is 16.6 Å². The lowest BCUT2D eigenvalue weighted by Gasteiger charge is -2.21. The Balaban J connectivity index is 2.21. The van der Waals surface area contributed by atoms with Crippen LogP contribution in [-0.2, 0) is 6.42 Å². The highest BCUT2D eigenvalue weighted by Gasteiger charge is 2.22. The molecular formula is C12H20N4S. The Kier molecular flexibility index (Phi) is 4.65. The molecule has 0 aliphatic heterocycles. The molecular weight excluding hydrogens is 232 g/mol. The first-order chi connectivity index (χ1) is 8.36. The van der Waals surface area contributed by atoms with Crippen LogP contribution in [0.15, 0.2) is 11.6 Å². The van der Waals surface area contributed by atoms with Gasteiger partial charge in [-0.1, -0.05) is 29.5 Å². The molecule has 0 aromatic carbocycles. The van der Waals surface area contributed by atoms with Crippen LogP contribution < -0.4 is 11.3 Å². The highest BCUT2D eigenvalue weighted by atomic mass is 32.1. The summed E-state index contributed by atoms with van der Waals surface area (Å²) in [6.07, 6.45) is 9.26. The molecule has 0 spiro atoms. The van der Waals surface area contributed by atoms with Gasteiger partial charge in [-0.25, -0.2) is 5.43 Å². The third kappa shape index (κ3) is 2.91. The molecule has 0 bridgehead atoms. The Hall–Kier alpha value is -0.780. The van der Waals surface area contributed by atoms with E-state index in [0.717, 1.165) is 25.0 Å². The number of nitrogens with zero attached hydrogens (tertiary/aromatic N) is 2. The second-order valence-corrected chi connectivity index (χ2v) is 5.24. The van der Waals surface area contributed by atoms with Gasteiger partial charge in [-0.3, -0.25) is 5.84 Å². The van der Waals surface area contributed by atoms with Crippen LogP contribution in [-0.4, -0.2) is 9.59 Å². The third-order valence-electron chi connectivity index (χ3n) is 3.20. The topological polar surface area (TPSA) is 63.8 Å². The first-order valence-corrected chi connectivity index (χ1v) is 7.10. The minimum atomic E-state index is 0.122. The van der Waals surface area contributed by atoms with Gasteiger partial charge in [0.15, 0.2) is 0 Å². The second kappa shape index (κ2) is 6.23. The van der Waals surface area contributed by atoms with E-state index in [1.807, 2.05) is 0 Å². The molecule has 0 amide bonds. The lowest BCUT2D eigenvalue weighted by Crippen LogP contribution is -2.30. The summed E-state index contributed by atoms with van der Waals surface area (Å²) in [4.78, 5) is 1.20. The van der Waals surface area contributed by atoms with Crippen molar-refractivity contribution in [2.75, 3.05) is 0 Å². The van der Waals surface area contributed by atoms with Crippen LogP contribution in [0.2, 0.25) is 0 Å². The van der Waals surface area contributed by atoms with Gasteiger partial charge in [-0.2, -0.15) is 0 Å². The maximum absolute atomic E-state index is 5.72. The van der Waals surface area contributed by atoms with E-state index in [9.17, 15) is 0 Å². The van der Waals surface area contributed by atoms with Crippen molar-refractivity contribution in [2.45, 2.75) is 51.5 Å². The van der Waals surface area contributed by atoms with Crippen LogP contribution in [0.1, 0.15) is 55.6 Å². The zero-order valence-electron chi connectivity index (χ0n) is 10.3. The Morgan fingerprint density at radius 1 is 1.53 bits per heavy atom. The molecule has 0 saturated heterocycles. The van der Waals surface area contributed by atoms with Crippen molar-refractivity contribution in [2.24, 2.45) is 5.84 Å². The van der Waals surface area contributed by atoms with Crippen molar-refractivity contribution in [3.8, 4) is 0 Å². The smallest absolute Gasteiger partial charge is 0.0807 e. The predicted octanol–water partition coefficient (Wildman–Crippen LogP) is 2.50. The summed E-state index contributed by atoms with van der Waals surface area (Å²) < 4.78 is 4.07. The standard InChI is InChI=1S/C12H20N4S/c1-2-6-10-12(17-16-15-10)11(14-13)9-7-4-3-5-8-9/h7,11,14H,2-6,8,13H2,1H3. The lowest BCUT2D eigenvalue weighted by atomic mass is 9.92. The van der Waals surface area contributed by atoms with Crippen LogP contribution in [0.25, 0.3) is 0 Å². The SMILES string of the molecule is CCCc1nnsc1C(NN)C1=CCCCC1. The van der Waals surface area contributed by atoms with Gasteiger partial charge < -0.3 is 0 Å². The molecule has 1 aliphatic carbocycles. The number of nitrogens with two attached hydrogens (primary N) is 1. The Morgan fingerprint density at radius 3 is 3.06 bits per heavy atom. The van der Waals surface area contributed by atoms with Crippen LogP contribution in [0.3, 0.4) is 0 Å². The molecule has 0 saturated carbocycles. The first-order valence-electron chi connectivity index (χ1n) is 6.33. The van der Waals surface area contributed by atoms with Crippen LogP contribution >= 0.6 is 11.5 Å². The summed E-state index contributed by atoms with van der Waals surface area (Å²) in [6.45, 7) is 2.16. The summed E-state index contributed by atoms with van der Waals surface area (Å²) in [6, 6.07) is 0.122. The molecule has 1 aromatic rings. The Bertz CT molecular complexity index is 386. The van der Waals surface area contributed by atoms with E-state index in [1.165, 1.54) is 41.2 Å². The fourth-order valence-electron chi connectivity index (χ4n) is 2.32. The molecule has 1 aromatic heterocycles. The van der Waals surface area contributed by atoms with Crippen molar-refractivity contribution in [1.29, 1.82) is 0 Å².